The number of carbonyl (C=O) groups is 1. The molecule has 0 spiro atoms. The number of aromatic nitrogens is 4. The second-order valence-corrected chi connectivity index (χ2v) is 10.7. The van der Waals surface area contributed by atoms with Crippen molar-refractivity contribution in [1.29, 1.82) is 0 Å². The summed E-state index contributed by atoms with van der Waals surface area (Å²) in [6, 6.07) is -0.858. The molecule has 0 fully saturated rings. The van der Waals surface area contributed by atoms with Crippen molar-refractivity contribution in [1.82, 2.24) is 24.3 Å². The number of nitrogens with zero attached hydrogens (tertiary/aromatic N) is 4. The van der Waals surface area contributed by atoms with Crippen LogP contribution in [0.4, 0.5) is 10.5 Å². The lowest BCUT2D eigenvalue weighted by molar-refractivity contribution is 0.0970. The van der Waals surface area contributed by atoms with E-state index in [0.29, 0.717) is 24.5 Å². The summed E-state index contributed by atoms with van der Waals surface area (Å²) in [6.45, 7) is 12.8. The number of hydrogen-bond donors (Lipinski definition) is 2. The van der Waals surface area contributed by atoms with E-state index in [1.807, 2.05) is 41.5 Å². The van der Waals surface area contributed by atoms with Gasteiger partial charge in [-0.1, -0.05) is 41.5 Å². The summed E-state index contributed by atoms with van der Waals surface area (Å²) in [5.41, 5.74) is 1.89. The van der Waals surface area contributed by atoms with Gasteiger partial charge in [0.05, 0.1) is 36.4 Å². The van der Waals surface area contributed by atoms with E-state index in [2.05, 4.69) is 20.2 Å². The highest BCUT2D eigenvalue weighted by atomic mass is 32.2. The molecule has 2 N–H and O–H groups in total. The molecule has 2 aromatic rings. The molecule has 10 nitrogen and oxygen atoms in total. The Balaban J connectivity index is 1.85. The van der Waals surface area contributed by atoms with Gasteiger partial charge in [-0.05, 0) is 11.8 Å². The zero-order chi connectivity index (χ0) is 22.4. The van der Waals surface area contributed by atoms with Gasteiger partial charge in [0.15, 0.2) is 4.90 Å². The van der Waals surface area contributed by atoms with Crippen LogP contribution in [0.5, 0.6) is 5.88 Å². The molecule has 1 aliphatic heterocycles. The van der Waals surface area contributed by atoms with E-state index in [1.165, 1.54) is 10.9 Å². The largest absolute Gasteiger partial charge is 0.476 e. The number of aryl methyl sites for hydroxylation is 1. The van der Waals surface area contributed by atoms with Crippen LogP contribution >= 0.6 is 0 Å². The smallest absolute Gasteiger partial charge is 0.333 e. The summed E-state index contributed by atoms with van der Waals surface area (Å²) in [5.74, 6) is 0.276. The molecule has 0 bridgehead atoms. The lowest BCUT2D eigenvalue weighted by Gasteiger charge is -2.30. The van der Waals surface area contributed by atoms with Crippen molar-refractivity contribution in [3.8, 4) is 5.88 Å². The van der Waals surface area contributed by atoms with E-state index in [0.717, 1.165) is 5.69 Å². The van der Waals surface area contributed by atoms with E-state index in [4.69, 9.17) is 4.74 Å². The summed E-state index contributed by atoms with van der Waals surface area (Å²) in [5, 5.41) is 11.3. The maximum Gasteiger partial charge on any atom is 0.333 e. The van der Waals surface area contributed by atoms with Crippen molar-refractivity contribution in [2.24, 2.45) is 12.5 Å². The molecule has 0 radical (unpaired) electrons. The first kappa shape index (κ1) is 22.1. The Morgan fingerprint density at radius 3 is 2.50 bits per heavy atom. The minimum absolute atomic E-state index is 0.0510. The number of amides is 2. The van der Waals surface area contributed by atoms with Gasteiger partial charge in [-0.3, -0.25) is 4.68 Å². The highest BCUT2D eigenvalue weighted by Crippen LogP contribution is 2.34. The number of urea groups is 1. The van der Waals surface area contributed by atoms with Crippen LogP contribution in [0.15, 0.2) is 11.1 Å². The zero-order valence-corrected chi connectivity index (χ0v) is 19.3. The maximum absolute atomic E-state index is 12.8. The van der Waals surface area contributed by atoms with Crippen LogP contribution in [-0.2, 0) is 23.6 Å². The molecular weight excluding hydrogens is 408 g/mol. The summed E-state index contributed by atoms with van der Waals surface area (Å²) in [7, 11) is -2.37. The molecule has 0 aliphatic carbocycles. The van der Waals surface area contributed by atoms with E-state index >= 15 is 0 Å². The van der Waals surface area contributed by atoms with Gasteiger partial charge in [0.2, 0.25) is 5.88 Å². The highest BCUT2D eigenvalue weighted by Gasteiger charge is 2.34. The SMILES string of the molecule is CC(C)c1nn(C)c(C(C)C)c1NC(=O)NS(=O)(=O)c1cnn2c1OCC(C)(C)C2. The van der Waals surface area contributed by atoms with Gasteiger partial charge in [0.1, 0.15) is 0 Å². The molecule has 3 heterocycles. The van der Waals surface area contributed by atoms with Crippen LogP contribution in [0.3, 0.4) is 0 Å². The maximum atomic E-state index is 12.8. The number of sulfonamides is 1. The third-order valence-corrected chi connectivity index (χ3v) is 6.22. The number of rotatable bonds is 5. The van der Waals surface area contributed by atoms with Crippen molar-refractivity contribution in [2.75, 3.05) is 11.9 Å². The zero-order valence-electron chi connectivity index (χ0n) is 18.5. The standard InChI is InChI=1S/C19H30N6O4S/c1-11(2)14-15(16(12(3)4)24(7)22-14)21-18(26)23-30(27,28)13-8-20-25-9-19(5,6)10-29-17(13)25/h8,11-12H,9-10H2,1-7H3,(H2,21,23,26). The van der Waals surface area contributed by atoms with E-state index < -0.39 is 16.1 Å². The predicted molar refractivity (Wildman–Crippen MR) is 112 cm³/mol. The van der Waals surface area contributed by atoms with E-state index in [1.54, 1.807) is 11.7 Å². The number of ether oxygens (including phenoxy) is 1. The molecule has 0 atom stereocenters. The minimum atomic E-state index is -4.17. The molecule has 30 heavy (non-hydrogen) atoms. The normalized spacial score (nSPS) is 15.8. The summed E-state index contributed by atoms with van der Waals surface area (Å²) in [6.07, 6.45) is 1.20. The van der Waals surface area contributed by atoms with Gasteiger partial charge < -0.3 is 10.1 Å². The summed E-state index contributed by atoms with van der Waals surface area (Å²) in [4.78, 5) is 12.5. The van der Waals surface area contributed by atoms with E-state index in [9.17, 15) is 13.2 Å². The Morgan fingerprint density at radius 2 is 1.90 bits per heavy atom. The van der Waals surface area contributed by atoms with Crippen molar-refractivity contribution in [3.63, 3.8) is 0 Å². The fraction of sp³-hybridized carbons (Fsp3) is 0.632. The second-order valence-electron chi connectivity index (χ2n) is 9.06. The Labute approximate surface area is 177 Å². The van der Waals surface area contributed by atoms with Crippen LogP contribution in [0.25, 0.3) is 0 Å². The molecule has 0 aromatic carbocycles. The van der Waals surface area contributed by atoms with Crippen LogP contribution in [0.1, 0.15) is 64.8 Å². The third kappa shape index (κ3) is 4.16. The van der Waals surface area contributed by atoms with Crippen LogP contribution in [-0.4, -0.2) is 40.6 Å². The van der Waals surface area contributed by atoms with Crippen molar-refractivity contribution >= 4 is 21.7 Å². The Bertz CT molecular complexity index is 1070. The first-order chi connectivity index (χ1) is 13.8. The molecule has 0 saturated carbocycles. The fourth-order valence-corrected chi connectivity index (χ4v) is 4.57. The number of anilines is 1. The Morgan fingerprint density at radius 1 is 1.23 bits per heavy atom. The summed E-state index contributed by atoms with van der Waals surface area (Å²) >= 11 is 0. The number of hydrogen-bond acceptors (Lipinski definition) is 6. The molecule has 166 valence electrons. The number of carbonyl (C=O) groups excluding carboxylic acids is 1. The summed E-state index contributed by atoms with van der Waals surface area (Å²) < 4.78 is 36.6. The highest BCUT2D eigenvalue weighted by molar-refractivity contribution is 7.90. The quantitative estimate of drug-likeness (QED) is 0.741. The average Bonchev–Trinajstić information content (AvgIpc) is 3.14. The second kappa shape index (κ2) is 7.60. The molecule has 11 heteroatoms. The third-order valence-electron chi connectivity index (χ3n) is 4.90. The van der Waals surface area contributed by atoms with Gasteiger partial charge in [-0.15, -0.1) is 0 Å². The molecule has 0 unspecified atom stereocenters. The lowest BCUT2D eigenvalue weighted by Crippen LogP contribution is -2.36. The monoisotopic (exact) mass is 438 g/mol. The number of fused-ring (bicyclic) bond motifs is 1. The number of nitrogens with one attached hydrogen (secondary N) is 2. The Hall–Kier alpha value is -2.56. The molecule has 2 aromatic heterocycles. The van der Waals surface area contributed by atoms with E-state index in [-0.39, 0.29) is 28.0 Å². The van der Waals surface area contributed by atoms with Crippen LogP contribution in [0, 0.1) is 5.41 Å². The molecule has 3 rings (SSSR count). The van der Waals surface area contributed by atoms with Crippen molar-refractivity contribution in [3.05, 3.63) is 17.6 Å². The predicted octanol–water partition coefficient (Wildman–Crippen LogP) is 2.79. The first-order valence-corrected chi connectivity index (χ1v) is 11.4. The Kier molecular flexibility index (Phi) is 5.61. The van der Waals surface area contributed by atoms with Crippen molar-refractivity contribution in [2.45, 2.75) is 64.8 Å². The van der Waals surface area contributed by atoms with Gasteiger partial charge in [0, 0.05) is 12.5 Å². The minimum Gasteiger partial charge on any atom is -0.476 e. The van der Waals surface area contributed by atoms with Gasteiger partial charge in [-0.25, -0.2) is 22.6 Å². The van der Waals surface area contributed by atoms with Crippen LogP contribution in [0.2, 0.25) is 0 Å². The topological polar surface area (TPSA) is 120 Å². The first-order valence-electron chi connectivity index (χ1n) is 9.91. The lowest BCUT2D eigenvalue weighted by atomic mass is 9.94. The van der Waals surface area contributed by atoms with Crippen molar-refractivity contribution < 1.29 is 17.9 Å². The molecule has 1 aliphatic rings. The fourth-order valence-electron chi connectivity index (χ4n) is 3.58. The van der Waals surface area contributed by atoms with Crippen LogP contribution < -0.4 is 14.8 Å². The van der Waals surface area contributed by atoms with Gasteiger partial charge >= 0.3 is 6.03 Å². The average molecular weight is 439 g/mol. The van der Waals surface area contributed by atoms with Gasteiger partial charge in [0.25, 0.3) is 10.0 Å². The molecule has 2 amide bonds. The molecule has 0 saturated heterocycles. The van der Waals surface area contributed by atoms with Gasteiger partial charge in [-0.2, -0.15) is 10.2 Å². The molecular formula is C19H30N6O4S.